The molecular weight excluding hydrogens is 536 g/mol. The molecule has 14 nitrogen and oxygen atoms in total. The Kier molecular flexibility index (Phi) is 7.47. The molecule has 0 bridgehead atoms. The number of aliphatic hydroxyl groups is 7. The van der Waals surface area contributed by atoms with E-state index < -0.39 is 107 Å². The highest BCUT2D eigenvalue weighted by Gasteiger charge is 2.48. The maximum Gasteiger partial charge on any atom is 0.197 e. The maximum atomic E-state index is 13.4. The van der Waals surface area contributed by atoms with Gasteiger partial charge in [0.15, 0.2) is 11.0 Å². The standard InChI is InChI=1S/C26H28O14/c27-6-13-18(32)21(35)23(37)26(40-13)15-19(33)14-10(29)5-12(8-1-3-9(28)4-2-8)39-24(14)16(20(15)34)25-22(36)17(31)11(30)7-38-25/h1-5,11,13,17-18,21-23,25-28,30-37H,6-7H2/t11-,13-,17-,18-,21+,22+,23-,25+,26-/m1/s1. The van der Waals surface area contributed by atoms with Crippen molar-refractivity contribution < 1.29 is 65.0 Å². The number of phenols is 3. The van der Waals surface area contributed by atoms with Crippen molar-refractivity contribution in [2.24, 2.45) is 0 Å². The number of aliphatic hydroxyl groups excluding tert-OH is 7. The third-order valence-corrected chi connectivity index (χ3v) is 7.31. The summed E-state index contributed by atoms with van der Waals surface area (Å²) < 4.78 is 16.9. The van der Waals surface area contributed by atoms with Crippen LogP contribution in [-0.4, -0.2) is 107 Å². The lowest BCUT2D eigenvalue weighted by molar-refractivity contribution is -0.232. The monoisotopic (exact) mass is 564 g/mol. The van der Waals surface area contributed by atoms with Crippen LogP contribution in [0.5, 0.6) is 17.2 Å². The van der Waals surface area contributed by atoms with Crippen molar-refractivity contribution in [1.29, 1.82) is 0 Å². The molecule has 2 saturated heterocycles. The second-order valence-electron chi connectivity index (χ2n) is 9.80. The smallest absolute Gasteiger partial charge is 0.197 e. The molecule has 40 heavy (non-hydrogen) atoms. The summed E-state index contributed by atoms with van der Waals surface area (Å²) in [5, 5.41) is 104. The van der Waals surface area contributed by atoms with Crippen LogP contribution in [-0.2, 0) is 9.47 Å². The van der Waals surface area contributed by atoms with Gasteiger partial charge in [-0.15, -0.1) is 0 Å². The highest BCUT2D eigenvalue weighted by atomic mass is 16.5. The van der Waals surface area contributed by atoms with Gasteiger partial charge in [0.1, 0.15) is 83.3 Å². The van der Waals surface area contributed by atoms with Crippen LogP contribution in [0.1, 0.15) is 23.3 Å². The Morgan fingerprint density at radius 1 is 0.775 bits per heavy atom. The SMILES string of the molecule is O=c1cc(-c2ccc(O)cc2)oc2c([C@@H]3OC[C@@H](O)[C@@H](O)[C@@H]3O)c(O)c([C@H]3O[C@H](CO)[C@@H](O)[C@H](O)[C@H]3O)c(O)c12. The highest BCUT2D eigenvalue weighted by molar-refractivity contribution is 5.92. The Morgan fingerprint density at radius 2 is 1.43 bits per heavy atom. The van der Waals surface area contributed by atoms with Crippen LogP contribution in [0.25, 0.3) is 22.3 Å². The second-order valence-corrected chi connectivity index (χ2v) is 9.80. The molecule has 0 saturated carbocycles. The predicted molar refractivity (Wildman–Crippen MR) is 132 cm³/mol. The molecule has 5 rings (SSSR count). The Labute approximate surface area is 224 Å². The number of ether oxygens (including phenoxy) is 2. The van der Waals surface area contributed by atoms with Crippen LogP contribution in [0.2, 0.25) is 0 Å². The van der Waals surface area contributed by atoms with Gasteiger partial charge >= 0.3 is 0 Å². The third-order valence-electron chi connectivity index (χ3n) is 7.31. The van der Waals surface area contributed by atoms with Crippen molar-refractivity contribution in [2.45, 2.75) is 54.9 Å². The van der Waals surface area contributed by atoms with Crippen molar-refractivity contribution in [3.8, 4) is 28.6 Å². The highest BCUT2D eigenvalue weighted by Crippen LogP contribution is 2.50. The number of fused-ring (bicyclic) bond motifs is 1. The van der Waals surface area contributed by atoms with Gasteiger partial charge in [-0.1, -0.05) is 0 Å². The molecule has 14 heteroatoms. The summed E-state index contributed by atoms with van der Waals surface area (Å²) in [6.45, 7) is -1.34. The molecule has 2 aliphatic heterocycles. The van der Waals surface area contributed by atoms with E-state index in [1.807, 2.05) is 0 Å². The lowest BCUT2D eigenvalue weighted by Crippen LogP contribution is -2.55. The summed E-state index contributed by atoms with van der Waals surface area (Å²) in [5.41, 5.74) is -2.15. The third kappa shape index (κ3) is 4.49. The molecule has 1 aromatic heterocycles. The van der Waals surface area contributed by atoms with Crippen LogP contribution >= 0.6 is 0 Å². The molecular formula is C26H28O14. The van der Waals surface area contributed by atoms with Crippen molar-refractivity contribution in [1.82, 2.24) is 0 Å². The van der Waals surface area contributed by atoms with Gasteiger partial charge in [-0.25, -0.2) is 0 Å². The number of benzene rings is 2. The normalized spacial score (nSPS) is 32.8. The second kappa shape index (κ2) is 10.6. The Bertz CT molecular complexity index is 1450. The first-order valence-electron chi connectivity index (χ1n) is 12.3. The van der Waals surface area contributed by atoms with Gasteiger partial charge < -0.3 is 65.0 Å². The van der Waals surface area contributed by atoms with E-state index >= 15 is 0 Å². The topological polar surface area (TPSA) is 251 Å². The van der Waals surface area contributed by atoms with Gasteiger partial charge in [0.2, 0.25) is 0 Å². The molecule has 216 valence electrons. The van der Waals surface area contributed by atoms with Crippen LogP contribution in [0.3, 0.4) is 0 Å². The van der Waals surface area contributed by atoms with Gasteiger partial charge in [-0.3, -0.25) is 4.79 Å². The molecule has 0 amide bonds. The zero-order valence-corrected chi connectivity index (χ0v) is 20.6. The lowest BCUT2D eigenvalue weighted by atomic mass is 9.85. The van der Waals surface area contributed by atoms with Gasteiger partial charge in [0, 0.05) is 11.6 Å². The first kappa shape index (κ1) is 28.2. The molecule has 0 unspecified atom stereocenters. The summed E-state index contributed by atoms with van der Waals surface area (Å²) in [6.07, 6.45) is -15.7. The van der Waals surface area contributed by atoms with E-state index in [1.165, 1.54) is 24.3 Å². The van der Waals surface area contributed by atoms with Crippen LogP contribution in [0.15, 0.2) is 39.5 Å². The van der Waals surface area contributed by atoms with E-state index in [2.05, 4.69) is 0 Å². The summed E-state index contributed by atoms with van der Waals surface area (Å²) in [4.78, 5) is 13.4. The largest absolute Gasteiger partial charge is 0.508 e. The number of aromatic hydroxyl groups is 3. The minimum atomic E-state index is -1.98. The summed E-state index contributed by atoms with van der Waals surface area (Å²) in [6, 6.07) is 6.50. The molecule has 3 heterocycles. The zero-order valence-electron chi connectivity index (χ0n) is 20.6. The van der Waals surface area contributed by atoms with Crippen molar-refractivity contribution in [3.05, 3.63) is 51.7 Å². The van der Waals surface area contributed by atoms with Crippen LogP contribution < -0.4 is 5.43 Å². The molecule has 0 spiro atoms. The van der Waals surface area contributed by atoms with Gasteiger partial charge in [0.25, 0.3) is 0 Å². The van der Waals surface area contributed by atoms with E-state index in [4.69, 9.17) is 13.9 Å². The summed E-state index contributed by atoms with van der Waals surface area (Å²) in [7, 11) is 0. The molecule has 0 radical (unpaired) electrons. The van der Waals surface area contributed by atoms with Gasteiger partial charge in [0.05, 0.1) is 24.3 Å². The molecule has 9 atom stereocenters. The van der Waals surface area contributed by atoms with Crippen LogP contribution in [0, 0.1) is 0 Å². The van der Waals surface area contributed by atoms with Crippen molar-refractivity contribution in [3.63, 3.8) is 0 Å². The minimum absolute atomic E-state index is 0.0710. The fraction of sp³-hybridized carbons (Fsp3) is 0.423. The Hall–Kier alpha value is -3.31. The zero-order chi connectivity index (χ0) is 29.0. The van der Waals surface area contributed by atoms with E-state index in [0.717, 1.165) is 6.07 Å². The predicted octanol–water partition coefficient (Wildman–Crippen LogP) is -1.75. The fourth-order valence-electron chi connectivity index (χ4n) is 5.11. The average Bonchev–Trinajstić information content (AvgIpc) is 2.92. The molecule has 2 fully saturated rings. The number of hydrogen-bond donors (Lipinski definition) is 10. The van der Waals surface area contributed by atoms with Crippen molar-refractivity contribution >= 4 is 11.0 Å². The average molecular weight is 564 g/mol. The van der Waals surface area contributed by atoms with E-state index in [9.17, 15) is 55.9 Å². The van der Waals surface area contributed by atoms with Crippen LogP contribution in [0.4, 0.5) is 0 Å². The van der Waals surface area contributed by atoms with Gasteiger partial charge in [-0.2, -0.15) is 0 Å². The number of rotatable bonds is 4. The molecule has 2 aromatic carbocycles. The molecule has 2 aliphatic rings. The first-order valence-corrected chi connectivity index (χ1v) is 12.3. The van der Waals surface area contributed by atoms with Gasteiger partial charge in [-0.05, 0) is 24.3 Å². The first-order chi connectivity index (χ1) is 19.0. The Balaban J connectivity index is 1.80. The van der Waals surface area contributed by atoms with E-state index in [0.29, 0.717) is 5.56 Å². The van der Waals surface area contributed by atoms with E-state index in [-0.39, 0.29) is 11.5 Å². The minimum Gasteiger partial charge on any atom is -0.508 e. The van der Waals surface area contributed by atoms with E-state index in [1.54, 1.807) is 0 Å². The summed E-state index contributed by atoms with van der Waals surface area (Å²) in [5.74, 6) is -2.01. The molecule has 10 N–H and O–H groups in total. The van der Waals surface area contributed by atoms with Crippen molar-refractivity contribution in [2.75, 3.05) is 13.2 Å². The lowest BCUT2D eigenvalue weighted by Gasteiger charge is -2.41. The fourth-order valence-corrected chi connectivity index (χ4v) is 5.11. The number of phenolic OH excluding ortho intramolecular Hbond substituents is 3. The Morgan fingerprint density at radius 3 is 2.08 bits per heavy atom. The quantitative estimate of drug-likeness (QED) is 0.169. The number of hydrogen-bond acceptors (Lipinski definition) is 14. The maximum absolute atomic E-state index is 13.4. The molecule has 3 aromatic rings. The molecule has 0 aliphatic carbocycles. The summed E-state index contributed by atoms with van der Waals surface area (Å²) >= 11 is 0.